The van der Waals surface area contributed by atoms with E-state index < -0.39 is 0 Å². The Morgan fingerprint density at radius 1 is 1.18 bits per heavy atom. The summed E-state index contributed by atoms with van der Waals surface area (Å²) >= 11 is 1.79. The minimum atomic E-state index is 0.0359. The topological polar surface area (TPSA) is 70.2 Å². The molecule has 2 fully saturated rings. The van der Waals surface area contributed by atoms with Crippen molar-refractivity contribution in [3.63, 3.8) is 0 Å². The Labute approximate surface area is 170 Å². The second-order valence-corrected chi connectivity index (χ2v) is 8.37. The van der Waals surface area contributed by atoms with Crippen LogP contribution >= 0.6 is 11.8 Å². The third kappa shape index (κ3) is 4.11. The molecule has 0 bridgehead atoms. The van der Waals surface area contributed by atoms with Gasteiger partial charge in [-0.2, -0.15) is 5.10 Å². The number of hydrogen-bond acceptors (Lipinski definition) is 5. The van der Waals surface area contributed by atoms with Gasteiger partial charge in [-0.05, 0) is 38.4 Å². The van der Waals surface area contributed by atoms with Gasteiger partial charge >= 0.3 is 0 Å². The number of thioether (sulfide) groups is 1. The number of rotatable bonds is 1. The van der Waals surface area contributed by atoms with Gasteiger partial charge in [0.25, 0.3) is 5.91 Å². The van der Waals surface area contributed by atoms with Gasteiger partial charge in [-0.25, -0.2) is 0 Å². The van der Waals surface area contributed by atoms with Gasteiger partial charge in [-0.1, -0.05) is 24.6 Å². The van der Waals surface area contributed by atoms with Gasteiger partial charge in [0, 0.05) is 34.9 Å². The molecule has 6 nitrogen and oxygen atoms in total. The largest absolute Gasteiger partial charge is 0.378 e. The Hall–Kier alpha value is -1.83. The fourth-order valence-electron chi connectivity index (χ4n) is 3.81. The zero-order valence-electron chi connectivity index (χ0n) is 16.4. The van der Waals surface area contributed by atoms with E-state index in [0.29, 0.717) is 32.0 Å². The van der Waals surface area contributed by atoms with Crippen LogP contribution < -0.4 is 5.32 Å². The molecule has 0 spiro atoms. The summed E-state index contributed by atoms with van der Waals surface area (Å²) in [6.45, 7) is 7.13. The number of nitrogens with zero attached hydrogens (tertiary/aromatic N) is 2. The van der Waals surface area contributed by atoms with Crippen LogP contribution in [-0.2, 0) is 10.5 Å². The fourth-order valence-corrected chi connectivity index (χ4v) is 4.99. The van der Waals surface area contributed by atoms with Crippen LogP contribution in [0.25, 0.3) is 11.3 Å². The lowest BCUT2D eigenvalue weighted by molar-refractivity contribution is 0.0298. The van der Waals surface area contributed by atoms with Crippen molar-refractivity contribution in [2.45, 2.75) is 36.8 Å². The maximum atomic E-state index is 12.7. The molecule has 150 valence electrons. The number of aryl methyl sites for hydroxylation is 1. The van der Waals surface area contributed by atoms with Crippen molar-refractivity contribution < 1.29 is 9.53 Å². The summed E-state index contributed by atoms with van der Waals surface area (Å²) in [5, 5.41) is 10.7. The third-order valence-corrected chi connectivity index (χ3v) is 6.68. The highest BCUT2D eigenvalue weighted by molar-refractivity contribution is 7.98. The number of benzene rings is 1. The lowest BCUT2D eigenvalue weighted by Gasteiger charge is -2.27. The zero-order chi connectivity index (χ0) is 19.3. The van der Waals surface area contributed by atoms with Crippen molar-refractivity contribution in [2.75, 3.05) is 39.4 Å². The number of fused-ring (bicyclic) bond motifs is 3. The number of hydrogen-bond donors (Lipinski definition) is 2. The predicted molar refractivity (Wildman–Crippen MR) is 112 cm³/mol. The van der Waals surface area contributed by atoms with E-state index in [0.717, 1.165) is 22.6 Å². The first kappa shape index (κ1) is 19.5. The molecule has 28 heavy (non-hydrogen) atoms. The minimum Gasteiger partial charge on any atom is -0.378 e. The molecule has 3 aliphatic heterocycles. The predicted octanol–water partition coefficient (Wildman–Crippen LogP) is 3.22. The van der Waals surface area contributed by atoms with Gasteiger partial charge in [0.2, 0.25) is 0 Å². The van der Waals surface area contributed by atoms with Crippen molar-refractivity contribution in [1.82, 2.24) is 20.4 Å². The smallest absolute Gasteiger partial charge is 0.272 e. The summed E-state index contributed by atoms with van der Waals surface area (Å²) in [6.07, 6.45) is 4.22. The van der Waals surface area contributed by atoms with Crippen LogP contribution in [0.3, 0.4) is 0 Å². The Morgan fingerprint density at radius 3 is 2.64 bits per heavy atom. The lowest BCUT2D eigenvalue weighted by Crippen LogP contribution is -2.41. The maximum Gasteiger partial charge on any atom is 0.272 e. The minimum absolute atomic E-state index is 0.0359. The van der Waals surface area contributed by atoms with Crippen LogP contribution in [0.15, 0.2) is 23.1 Å². The number of piperidine rings is 1. The van der Waals surface area contributed by atoms with E-state index in [-0.39, 0.29) is 5.91 Å². The summed E-state index contributed by atoms with van der Waals surface area (Å²) in [7, 11) is 0. The molecule has 2 N–H and O–H groups in total. The number of ether oxygens (including phenoxy) is 1. The third-order valence-electron chi connectivity index (χ3n) is 5.41. The molecule has 3 aliphatic rings. The first-order valence-corrected chi connectivity index (χ1v) is 11.1. The SMILES string of the molecule is C1CCNCC1.Cc1cccc2c1SCc1c-2n[nH]c1C(=O)N1CCOCC1. The number of H-pyrrole nitrogens is 1. The number of aromatic nitrogens is 2. The number of amides is 1. The molecule has 1 aromatic heterocycles. The molecular weight excluding hydrogens is 372 g/mol. The Bertz CT molecular complexity index is 814. The number of carbonyl (C=O) groups excluding carboxylic acids is 1. The molecule has 5 rings (SSSR count). The van der Waals surface area contributed by atoms with Crippen LogP contribution in [0.4, 0.5) is 0 Å². The van der Waals surface area contributed by atoms with Crippen LogP contribution in [0.2, 0.25) is 0 Å². The lowest BCUT2D eigenvalue weighted by atomic mass is 10.0. The van der Waals surface area contributed by atoms with E-state index in [1.807, 2.05) is 11.0 Å². The molecule has 2 saturated heterocycles. The number of nitrogens with one attached hydrogen (secondary N) is 2. The molecule has 0 saturated carbocycles. The van der Waals surface area contributed by atoms with Gasteiger partial charge in [-0.3, -0.25) is 9.89 Å². The molecule has 0 unspecified atom stereocenters. The molecule has 1 amide bonds. The molecule has 0 aliphatic carbocycles. The van der Waals surface area contributed by atoms with Gasteiger partial charge < -0.3 is 15.0 Å². The average molecular weight is 401 g/mol. The standard InChI is InChI=1S/C16H17N3O2S.C5H11N/c1-10-3-2-4-11-13-12(9-22-15(10)11)14(18-17-13)16(20)19-5-7-21-8-6-19;1-2-4-6-5-3-1/h2-4H,5-9H2,1H3,(H,17,18);6H,1-5H2. The number of aromatic amines is 1. The van der Waals surface area contributed by atoms with Gasteiger partial charge in [0.15, 0.2) is 0 Å². The summed E-state index contributed by atoms with van der Waals surface area (Å²) in [5.41, 5.74) is 4.98. The highest BCUT2D eigenvalue weighted by Gasteiger charge is 2.29. The molecular formula is C21H28N4O2S. The van der Waals surface area contributed by atoms with Crippen LogP contribution in [0, 0.1) is 6.92 Å². The Kier molecular flexibility index (Phi) is 6.34. The van der Waals surface area contributed by atoms with E-state index in [1.165, 1.54) is 42.8 Å². The Balaban J connectivity index is 0.000000275. The monoisotopic (exact) mass is 400 g/mol. The van der Waals surface area contributed by atoms with Gasteiger partial charge in [-0.15, -0.1) is 11.8 Å². The van der Waals surface area contributed by atoms with E-state index in [1.54, 1.807) is 11.8 Å². The fraction of sp³-hybridized carbons (Fsp3) is 0.524. The van der Waals surface area contributed by atoms with E-state index in [4.69, 9.17) is 4.74 Å². The zero-order valence-corrected chi connectivity index (χ0v) is 17.2. The van der Waals surface area contributed by atoms with Gasteiger partial charge in [0.05, 0.1) is 18.9 Å². The summed E-state index contributed by atoms with van der Waals surface area (Å²) < 4.78 is 5.32. The molecule has 0 radical (unpaired) electrons. The first-order valence-electron chi connectivity index (χ1n) is 10.1. The molecule has 1 aromatic carbocycles. The molecule has 0 atom stereocenters. The van der Waals surface area contributed by atoms with Crippen molar-refractivity contribution in [2.24, 2.45) is 0 Å². The van der Waals surface area contributed by atoms with Crippen LogP contribution in [-0.4, -0.2) is 60.4 Å². The van der Waals surface area contributed by atoms with Crippen molar-refractivity contribution in [3.05, 3.63) is 35.0 Å². The van der Waals surface area contributed by atoms with Crippen molar-refractivity contribution >= 4 is 17.7 Å². The highest BCUT2D eigenvalue weighted by atomic mass is 32.2. The second-order valence-electron chi connectivity index (χ2n) is 7.38. The average Bonchev–Trinajstić information content (AvgIpc) is 3.20. The second kappa shape index (κ2) is 9.11. The van der Waals surface area contributed by atoms with E-state index in [2.05, 4.69) is 34.6 Å². The van der Waals surface area contributed by atoms with Crippen molar-refractivity contribution in [3.8, 4) is 11.3 Å². The normalized spacial score (nSPS) is 18.5. The molecule has 2 aromatic rings. The summed E-state index contributed by atoms with van der Waals surface area (Å²) in [4.78, 5) is 15.8. The summed E-state index contributed by atoms with van der Waals surface area (Å²) in [6, 6.07) is 6.24. The summed E-state index contributed by atoms with van der Waals surface area (Å²) in [5.74, 6) is 0.823. The number of morpholine rings is 1. The molecule has 4 heterocycles. The van der Waals surface area contributed by atoms with Crippen LogP contribution in [0.5, 0.6) is 0 Å². The number of carbonyl (C=O) groups is 1. The maximum absolute atomic E-state index is 12.7. The first-order chi connectivity index (χ1) is 13.8. The van der Waals surface area contributed by atoms with Crippen LogP contribution in [0.1, 0.15) is 40.9 Å². The molecule has 7 heteroatoms. The van der Waals surface area contributed by atoms with Crippen molar-refractivity contribution in [1.29, 1.82) is 0 Å². The quantitative estimate of drug-likeness (QED) is 0.769. The van der Waals surface area contributed by atoms with E-state index >= 15 is 0 Å². The Morgan fingerprint density at radius 2 is 1.96 bits per heavy atom. The van der Waals surface area contributed by atoms with Gasteiger partial charge in [0.1, 0.15) is 5.69 Å². The van der Waals surface area contributed by atoms with E-state index in [9.17, 15) is 4.79 Å². The highest BCUT2D eigenvalue weighted by Crippen LogP contribution is 2.43.